The number of aliphatic carboxylic acids is 1. The van der Waals surface area contributed by atoms with E-state index in [4.69, 9.17) is 11.6 Å². The number of halogens is 1. The first-order valence-electron chi connectivity index (χ1n) is 6.54. The molecule has 0 saturated carbocycles. The van der Waals surface area contributed by atoms with Crippen LogP contribution in [0.15, 0.2) is 41.8 Å². The number of thioether (sulfide) groups is 1. The summed E-state index contributed by atoms with van der Waals surface area (Å²) < 4.78 is 0. The van der Waals surface area contributed by atoms with Gasteiger partial charge in [0.1, 0.15) is 11.4 Å². The normalized spacial score (nSPS) is 21.0. The highest BCUT2D eigenvalue weighted by Gasteiger charge is 2.43. The van der Waals surface area contributed by atoms with Crippen molar-refractivity contribution in [3.05, 3.63) is 57.2 Å². The summed E-state index contributed by atoms with van der Waals surface area (Å²) in [5, 5.41) is 11.5. The summed E-state index contributed by atoms with van der Waals surface area (Å²) in [5.41, 5.74) is 0.405. The Kier molecular flexibility index (Phi) is 4.42. The van der Waals surface area contributed by atoms with Crippen LogP contribution in [0.4, 0.5) is 0 Å². The summed E-state index contributed by atoms with van der Waals surface area (Å²) in [5.74, 6) is -0.912. The lowest BCUT2D eigenvalue weighted by atomic mass is 10.1. The quantitative estimate of drug-likeness (QED) is 0.913. The van der Waals surface area contributed by atoms with E-state index in [1.54, 1.807) is 24.3 Å². The second kappa shape index (κ2) is 6.32. The Morgan fingerprint density at radius 3 is 2.73 bits per heavy atom. The summed E-state index contributed by atoms with van der Waals surface area (Å²) in [6.07, 6.45) is 0. The van der Waals surface area contributed by atoms with Gasteiger partial charge in [-0.05, 0) is 29.6 Å². The Morgan fingerprint density at radius 2 is 2.09 bits per heavy atom. The Hall–Kier alpha value is -1.50. The predicted molar refractivity (Wildman–Crippen MR) is 88.6 cm³/mol. The number of carboxylic acids is 1. The summed E-state index contributed by atoms with van der Waals surface area (Å²) in [7, 11) is 0. The molecule has 7 heteroatoms. The fourth-order valence-corrected chi connectivity index (χ4v) is 4.94. The molecule has 0 aliphatic carbocycles. The zero-order valence-electron chi connectivity index (χ0n) is 11.3. The van der Waals surface area contributed by atoms with Crippen LogP contribution in [0.3, 0.4) is 0 Å². The first-order chi connectivity index (χ1) is 10.6. The van der Waals surface area contributed by atoms with Gasteiger partial charge in [-0.3, -0.25) is 4.79 Å². The molecule has 1 N–H and O–H groups in total. The summed E-state index contributed by atoms with van der Waals surface area (Å²) >= 11 is 8.93. The number of amides is 1. The topological polar surface area (TPSA) is 57.6 Å². The average Bonchev–Trinajstić information content (AvgIpc) is 3.15. The van der Waals surface area contributed by atoms with Crippen LogP contribution >= 0.6 is 34.7 Å². The molecule has 114 valence electrons. The highest BCUT2D eigenvalue weighted by atomic mass is 35.5. The third-order valence-electron chi connectivity index (χ3n) is 3.38. The molecule has 3 rings (SSSR count). The van der Waals surface area contributed by atoms with Gasteiger partial charge in [0.2, 0.25) is 0 Å². The summed E-state index contributed by atoms with van der Waals surface area (Å²) in [6.45, 7) is 0. The van der Waals surface area contributed by atoms with E-state index < -0.39 is 12.0 Å². The molecule has 0 radical (unpaired) electrons. The molecule has 22 heavy (non-hydrogen) atoms. The first kappa shape index (κ1) is 15.4. The summed E-state index contributed by atoms with van der Waals surface area (Å²) in [4.78, 5) is 26.7. The number of carboxylic acid groups (broad SMARTS) is 1. The van der Waals surface area contributed by atoms with Crippen LogP contribution in [0.2, 0.25) is 5.02 Å². The number of hydrogen-bond acceptors (Lipinski definition) is 4. The van der Waals surface area contributed by atoms with Gasteiger partial charge in [-0.15, -0.1) is 23.1 Å². The van der Waals surface area contributed by atoms with Crippen molar-refractivity contribution in [2.24, 2.45) is 0 Å². The Balaban J connectivity index is 1.98. The van der Waals surface area contributed by atoms with Crippen molar-refractivity contribution < 1.29 is 14.7 Å². The van der Waals surface area contributed by atoms with Gasteiger partial charge in [-0.1, -0.05) is 23.7 Å². The smallest absolute Gasteiger partial charge is 0.327 e. The molecule has 1 aromatic heterocycles. The van der Waals surface area contributed by atoms with Crippen LogP contribution in [-0.4, -0.2) is 33.7 Å². The van der Waals surface area contributed by atoms with Crippen molar-refractivity contribution in [2.45, 2.75) is 11.4 Å². The molecule has 1 amide bonds. The molecule has 1 aromatic carbocycles. The molecule has 0 unspecified atom stereocenters. The number of benzene rings is 1. The largest absolute Gasteiger partial charge is 0.480 e. The zero-order chi connectivity index (χ0) is 15.7. The maximum Gasteiger partial charge on any atom is 0.327 e. The Bertz CT molecular complexity index is 705. The van der Waals surface area contributed by atoms with E-state index in [0.29, 0.717) is 16.3 Å². The van der Waals surface area contributed by atoms with E-state index in [1.165, 1.54) is 28.0 Å². The van der Waals surface area contributed by atoms with Crippen LogP contribution in [0.25, 0.3) is 0 Å². The molecule has 1 fully saturated rings. The summed E-state index contributed by atoms with van der Waals surface area (Å²) in [6, 6.07) is 9.58. The molecule has 0 bridgehead atoms. The van der Waals surface area contributed by atoms with Crippen molar-refractivity contribution in [2.75, 3.05) is 5.75 Å². The number of thiophene rings is 1. The van der Waals surface area contributed by atoms with Gasteiger partial charge in [0.25, 0.3) is 5.91 Å². The fraction of sp³-hybridized carbons (Fsp3) is 0.200. The SMILES string of the molecule is O=C(O)[C@@H]1CS[C@@H](c2cccs2)N1C(=O)c1cccc(Cl)c1. The fourth-order valence-electron chi connectivity index (χ4n) is 2.37. The third-order valence-corrected chi connectivity index (χ3v) is 5.99. The van der Waals surface area contributed by atoms with E-state index >= 15 is 0 Å². The van der Waals surface area contributed by atoms with Crippen molar-refractivity contribution in [1.82, 2.24) is 4.90 Å². The molecular weight excluding hydrogens is 342 g/mol. The van der Waals surface area contributed by atoms with Crippen molar-refractivity contribution in [3.63, 3.8) is 0 Å². The Morgan fingerprint density at radius 1 is 1.27 bits per heavy atom. The zero-order valence-corrected chi connectivity index (χ0v) is 13.7. The van der Waals surface area contributed by atoms with Gasteiger partial charge < -0.3 is 10.0 Å². The van der Waals surface area contributed by atoms with Crippen LogP contribution in [-0.2, 0) is 4.79 Å². The van der Waals surface area contributed by atoms with Gasteiger partial charge >= 0.3 is 5.97 Å². The van der Waals surface area contributed by atoms with Gasteiger partial charge in [0.15, 0.2) is 0 Å². The highest BCUT2D eigenvalue weighted by Crippen LogP contribution is 2.43. The lowest BCUT2D eigenvalue weighted by Crippen LogP contribution is -2.42. The Labute approximate surface area is 140 Å². The number of nitrogens with zero attached hydrogens (tertiary/aromatic N) is 1. The van der Waals surface area contributed by atoms with Gasteiger partial charge in [-0.25, -0.2) is 4.79 Å². The molecule has 1 aliphatic heterocycles. The number of hydrogen-bond donors (Lipinski definition) is 1. The van der Waals surface area contributed by atoms with Gasteiger partial charge in [0.05, 0.1) is 0 Å². The minimum absolute atomic E-state index is 0.271. The molecule has 2 atom stereocenters. The van der Waals surface area contributed by atoms with Gasteiger partial charge in [-0.2, -0.15) is 0 Å². The minimum Gasteiger partial charge on any atom is -0.480 e. The highest BCUT2D eigenvalue weighted by molar-refractivity contribution is 7.99. The predicted octanol–water partition coefficient (Wildman–Crippen LogP) is 3.74. The standard InChI is InChI=1S/C15H12ClNO3S2/c16-10-4-1-3-9(7-10)13(18)17-11(15(19)20)8-22-14(17)12-5-2-6-21-12/h1-7,11,14H,8H2,(H,19,20)/t11-,14-/m0/s1. The second-order valence-electron chi connectivity index (χ2n) is 4.78. The van der Waals surface area contributed by atoms with Crippen molar-refractivity contribution >= 4 is 46.6 Å². The van der Waals surface area contributed by atoms with E-state index in [0.717, 1.165) is 4.88 Å². The molecule has 0 spiro atoms. The van der Waals surface area contributed by atoms with E-state index in [9.17, 15) is 14.7 Å². The van der Waals surface area contributed by atoms with Crippen LogP contribution in [0, 0.1) is 0 Å². The third kappa shape index (κ3) is 2.86. The number of rotatable bonds is 3. The number of carbonyl (C=O) groups excluding carboxylic acids is 1. The first-order valence-corrected chi connectivity index (χ1v) is 8.84. The molecule has 2 aromatic rings. The van der Waals surface area contributed by atoms with E-state index in [-0.39, 0.29) is 11.3 Å². The monoisotopic (exact) mass is 353 g/mol. The molecule has 4 nitrogen and oxygen atoms in total. The van der Waals surface area contributed by atoms with Crippen LogP contribution in [0.5, 0.6) is 0 Å². The lowest BCUT2D eigenvalue weighted by molar-refractivity contribution is -0.141. The average molecular weight is 354 g/mol. The maximum atomic E-state index is 12.8. The van der Waals surface area contributed by atoms with Crippen molar-refractivity contribution in [3.8, 4) is 0 Å². The number of carbonyl (C=O) groups is 2. The van der Waals surface area contributed by atoms with Crippen molar-refractivity contribution in [1.29, 1.82) is 0 Å². The molecule has 1 saturated heterocycles. The van der Waals surface area contributed by atoms with Gasteiger partial charge in [0, 0.05) is 21.2 Å². The second-order valence-corrected chi connectivity index (χ2v) is 7.31. The minimum atomic E-state index is -0.984. The van der Waals surface area contributed by atoms with Crippen LogP contribution < -0.4 is 0 Å². The molecular formula is C15H12ClNO3S2. The van der Waals surface area contributed by atoms with E-state index in [2.05, 4.69) is 0 Å². The molecule has 2 heterocycles. The lowest BCUT2D eigenvalue weighted by Gasteiger charge is -2.26. The molecule has 1 aliphatic rings. The van der Waals surface area contributed by atoms with E-state index in [1.807, 2.05) is 17.5 Å². The van der Waals surface area contributed by atoms with Crippen LogP contribution in [0.1, 0.15) is 20.6 Å². The maximum absolute atomic E-state index is 12.8.